The molecule has 0 aliphatic heterocycles. The first-order chi connectivity index (χ1) is 6.61. The number of methoxy groups -OCH3 is 1. The lowest BCUT2D eigenvalue weighted by molar-refractivity contribution is -0.120. The van der Waals surface area contributed by atoms with Crippen molar-refractivity contribution in [3.05, 3.63) is 24.8 Å². The van der Waals surface area contributed by atoms with Crippen LogP contribution in [0.25, 0.3) is 0 Å². The number of nitrogens with two attached hydrogens (primary N) is 2. The van der Waals surface area contributed by atoms with Crippen molar-refractivity contribution in [3.63, 3.8) is 0 Å². The van der Waals surface area contributed by atoms with Gasteiger partial charge in [0.05, 0.1) is 12.6 Å². The van der Waals surface area contributed by atoms with E-state index in [-0.39, 0.29) is 12.1 Å². The van der Waals surface area contributed by atoms with E-state index >= 15 is 0 Å². The van der Waals surface area contributed by atoms with Crippen LogP contribution >= 0.6 is 0 Å². The van der Waals surface area contributed by atoms with Crippen molar-refractivity contribution in [1.82, 2.24) is 0 Å². The monoisotopic (exact) mass is 200 g/mol. The summed E-state index contributed by atoms with van der Waals surface area (Å²) in [5.41, 5.74) is 11.3. The summed E-state index contributed by atoms with van der Waals surface area (Å²) in [6.45, 7) is 5.83. The average Bonchev–Trinajstić information content (AvgIpc) is 2.16. The minimum atomic E-state index is -0.456. The second kappa shape index (κ2) is 7.70. The van der Waals surface area contributed by atoms with E-state index in [0.29, 0.717) is 6.61 Å². The normalized spacial score (nSPS) is 18.0. The molecule has 0 aliphatic rings. The first kappa shape index (κ1) is 13.3. The van der Waals surface area contributed by atoms with Gasteiger partial charge >= 0.3 is 0 Å². The Balaban J connectivity index is 4.02. The third-order valence-electron chi connectivity index (χ3n) is 1.56. The van der Waals surface area contributed by atoms with Crippen molar-refractivity contribution < 1.29 is 9.47 Å². The van der Waals surface area contributed by atoms with Crippen LogP contribution < -0.4 is 11.5 Å². The van der Waals surface area contributed by atoms with Crippen LogP contribution in [0.3, 0.4) is 0 Å². The minimum Gasteiger partial charge on any atom is -0.354 e. The lowest BCUT2D eigenvalue weighted by Crippen LogP contribution is -2.37. The quantitative estimate of drug-likeness (QED) is 0.461. The lowest BCUT2D eigenvalue weighted by atomic mass is 10.2. The van der Waals surface area contributed by atoms with Gasteiger partial charge in [0.2, 0.25) is 0 Å². The summed E-state index contributed by atoms with van der Waals surface area (Å²) in [5, 5.41) is 0. The Morgan fingerprint density at radius 3 is 2.43 bits per heavy atom. The van der Waals surface area contributed by atoms with E-state index < -0.39 is 6.29 Å². The summed E-state index contributed by atoms with van der Waals surface area (Å²) in [6, 6.07) is -0.330. The molecule has 0 amide bonds. The SMILES string of the molecule is C=CCOC(OC)C(N)/C=C\[C@H](C)N. The van der Waals surface area contributed by atoms with Crippen molar-refractivity contribution >= 4 is 0 Å². The van der Waals surface area contributed by atoms with Gasteiger partial charge in [-0.15, -0.1) is 6.58 Å². The molecule has 0 aromatic carbocycles. The summed E-state index contributed by atoms with van der Waals surface area (Å²) in [6.07, 6.45) is 4.78. The summed E-state index contributed by atoms with van der Waals surface area (Å²) in [4.78, 5) is 0. The highest BCUT2D eigenvalue weighted by Crippen LogP contribution is 2.00. The fraction of sp³-hybridized carbons (Fsp3) is 0.600. The molecule has 0 aromatic heterocycles. The Labute approximate surface area is 85.6 Å². The molecular formula is C10H20N2O2. The van der Waals surface area contributed by atoms with E-state index in [2.05, 4.69) is 6.58 Å². The zero-order chi connectivity index (χ0) is 11.0. The van der Waals surface area contributed by atoms with E-state index in [4.69, 9.17) is 20.9 Å². The fourth-order valence-corrected chi connectivity index (χ4v) is 0.893. The standard InChI is InChI=1S/C10H20N2O2/c1-4-7-14-10(13-3)9(12)6-5-8(2)11/h4-6,8-10H,1,7,11-12H2,2-3H3/b6-5-/t8-,9?,10?/m0/s1. The molecule has 0 saturated heterocycles. The summed E-state index contributed by atoms with van der Waals surface area (Å²) < 4.78 is 10.3. The van der Waals surface area contributed by atoms with E-state index in [1.54, 1.807) is 19.3 Å². The maximum atomic E-state index is 5.79. The summed E-state index contributed by atoms with van der Waals surface area (Å²) in [5.74, 6) is 0. The molecule has 4 heteroatoms. The molecule has 3 atom stereocenters. The van der Waals surface area contributed by atoms with Gasteiger partial charge in [-0.25, -0.2) is 0 Å². The lowest BCUT2D eigenvalue weighted by Gasteiger charge is -2.19. The van der Waals surface area contributed by atoms with Gasteiger partial charge in [-0.1, -0.05) is 18.2 Å². The first-order valence-corrected chi connectivity index (χ1v) is 4.56. The number of hydrogen-bond acceptors (Lipinski definition) is 4. The molecule has 0 fully saturated rings. The van der Waals surface area contributed by atoms with Crippen LogP contribution in [0.15, 0.2) is 24.8 Å². The molecule has 14 heavy (non-hydrogen) atoms. The highest BCUT2D eigenvalue weighted by atomic mass is 16.7. The molecule has 0 bridgehead atoms. The summed E-state index contributed by atoms with van der Waals surface area (Å²) in [7, 11) is 1.55. The van der Waals surface area contributed by atoms with Crippen LogP contribution in [0.1, 0.15) is 6.92 Å². The molecule has 0 spiro atoms. The van der Waals surface area contributed by atoms with Crippen molar-refractivity contribution in [2.24, 2.45) is 11.5 Å². The van der Waals surface area contributed by atoms with Gasteiger partial charge in [0.25, 0.3) is 0 Å². The molecule has 0 saturated carbocycles. The topological polar surface area (TPSA) is 70.5 Å². The number of ether oxygens (including phenoxy) is 2. The Hall–Kier alpha value is -0.680. The van der Waals surface area contributed by atoms with Gasteiger partial charge in [-0.3, -0.25) is 0 Å². The van der Waals surface area contributed by atoms with Crippen molar-refractivity contribution in [1.29, 1.82) is 0 Å². The largest absolute Gasteiger partial charge is 0.354 e. The second-order valence-electron chi connectivity index (χ2n) is 3.05. The van der Waals surface area contributed by atoms with E-state index in [0.717, 1.165) is 0 Å². The predicted molar refractivity (Wildman–Crippen MR) is 57.7 cm³/mol. The Morgan fingerprint density at radius 2 is 2.00 bits per heavy atom. The molecule has 2 unspecified atom stereocenters. The molecule has 4 N–H and O–H groups in total. The van der Waals surface area contributed by atoms with E-state index in [1.807, 2.05) is 13.0 Å². The van der Waals surface area contributed by atoms with E-state index in [1.165, 1.54) is 0 Å². The highest BCUT2D eigenvalue weighted by Gasteiger charge is 2.13. The van der Waals surface area contributed by atoms with Crippen LogP contribution in [-0.4, -0.2) is 32.1 Å². The van der Waals surface area contributed by atoms with Crippen LogP contribution in [0.5, 0.6) is 0 Å². The first-order valence-electron chi connectivity index (χ1n) is 4.56. The van der Waals surface area contributed by atoms with Gasteiger partial charge in [0.15, 0.2) is 6.29 Å². The minimum absolute atomic E-state index is 0.0158. The van der Waals surface area contributed by atoms with Gasteiger partial charge in [0, 0.05) is 13.2 Å². The van der Waals surface area contributed by atoms with Crippen LogP contribution in [0, 0.1) is 0 Å². The van der Waals surface area contributed by atoms with Crippen molar-refractivity contribution in [2.45, 2.75) is 25.3 Å². The predicted octanol–water partition coefficient (Wildman–Crippen LogP) is 0.392. The molecule has 0 rings (SSSR count). The third-order valence-corrected chi connectivity index (χ3v) is 1.56. The van der Waals surface area contributed by atoms with Gasteiger partial charge in [-0.05, 0) is 6.92 Å². The number of rotatable bonds is 7. The maximum absolute atomic E-state index is 5.79. The fourth-order valence-electron chi connectivity index (χ4n) is 0.893. The van der Waals surface area contributed by atoms with Gasteiger partial charge in [-0.2, -0.15) is 0 Å². The second-order valence-corrected chi connectivity index (χ2v) is 3.05. The molecule has 0 aliphatic carbocycles. The highest BCUT2D eigenvalue weighted by molar-refractivity contribution is 4.97. The van der Waals surface area contributed by atoms with Crippen LogP contribution in [0.4, 0.5) is 0 Å². The molecule has 0 aromatic rings. The summed E-state index contributed by atoms with van der Waals surface area (Å²) >= 11 is 0. The molecular weight excluding hydrogens is 180 g/mol. The van der Waals surface area contributed by atoms with Crippen molar-refractivity contribution in [2.75, 3.05) is 13.7 Å². The van der Waals surface area contributed by atoms with Crippen molar-refractivity contribution in [3.8, 4) is 0 Å². The smallest absolute Gasteiger partial charge is 0.176 e. The van der Waals surface area contributed by atoms with E-state index in [9.17, 15) is 0 Å². The van der Waals surface area contributed by atoms with Gasteiger partial charge in [0.1, 0.15) is 0 Å². The average molecular weight is 200 g/mol. The molecule has 0 radical (unpaired) electrons. The zero-order valence-electron chi connectivity index (χ0n) is 8.85. The maximum Gasteiger partial charge on any atom is 0.176 e. The zero-order valence-corrected chi connectivity index (χ0v) is 8.85. The van der Waals surface area contributed by atoms with Crippen LogP contribution in [-0.2, 0) is 9.47 Å². The molecule has 82 valence electrons. The molecule has 0 heterocycles. The number of hydrogen-bond donors (Lipinski definition) is 2. The Morgan fingerprint density at radius 1 is 1.36 bits per heavy atom. The Kier molecular flexibility index (Phi) is 7.32. The van der Waals surface area contributed by atoms with Gasteiger partial charge < -0.3 is 20.9 Å². The van der Waals surface area contributed by atoms with Crippen LogP contribution in [0.2, 0.25) is 0 Å². The molecule has 4 nitrogen and oxygen atoms in total. The third kappa shape index (κ3) is 5.88. The Bertz CT molecular complexity index is 181.